The molecule has 0 aromatic heterocycles. The Balaban J connectivity index is 1.59. The predicted molar refractivity (Wildman–Crippen MR) is 122 cm³/mol. The van der Waals surface area contributed by atoms with Gasteiger partial charge in [-0.15, -0.1) is 0 Å². The van der Waals surface area contributed by atoms with Crippen LogP contribution in [0.2, 0.25) is 5.02 Å². The zero-order valence-electron chi connectivity index (χ0n) is 17.5. The number of amides is 3. The summed E-state index contributed by atoms with van der Waals surface area (Å²) in [6, 6.07) is 16.3. The van der Waals surface area contributed by atoms with Crippen LogP contribution in [0.4, 0.5) is 4.79 Å². The van der Waals surface area contributed by atoms with Crippen LogP contribution >= 0.6 is 11.6 Å². The highest BCUT2D eigenvalue weighted by atomic mass is 35.5. The first-order valence-electron chi connectivity index (χ1n) is 9.90. The number of carboxylic acids is 1. The van der Waals surface area contributed by atoms with E-state index in [9.17, 15) is 14.4 Å². The molecule has 2 N–H and O–H groups in total. The molecule has 0 spiro atoms. The number of nitrogens with zero attached hydrogens (tertiary/aromatic N) is 1. The van der Waals surface area contributed by atoms with Crippen LogP contribution in [0.3, 0.4) is 0 Å². The lowest BCUT2D eigenvalue weighted by Gasteiger charge is -2.14. The highest BCUT2D eigenvalue weighted by molar-refractivity contribution is 6.32. The van der Waals surface area contributed by atoms with E-state index in [-0.39, 0.29) is 17.3 Å². The van der Waals surface area contributed by atoms with Gasteiger partial charge in [0.1, 0.15) is 18.8 Å². The molecule has 1 fully saturated rings. The summed E-state index contributed by atoms with van der Waals surface area (Å²) < 4.78 is 11.4. The minimum atomic E-state index is -1.29. The van der Waals surface area contributed by atoms with Crippen molar-refractivity contribution >= 4 is 46.4 Å². The van der Waals surface area contributed by atoms with Crippen molar-refractivity contribution in [2.75, 3.05) is 13.7 Å². The maximum Gasteiger partial charge on any atom is 0.329 e. The summed E-state index contributed by atoms with van der Waals surface area (Å²) in [5, 5.41) is 13.6. The molecule has 3 aromatic carbocycles. The second-order valence-electron chi connectivity index (χ2n) is 7.23. The van der Waals surface area contributed by atoms with E-state index in [2.05, 4.69) is 5.32 Å². The van der Waals surface area contributed by atoms with E-state index in [0.717, 1.165) is 16.3 Å². The Morgan fingerprint density at radius 1 is 1.15 bits per heavy atom. The minimum absolute atomic E-state index is 0.0659. The number of nitrogens with one attached hydrogen (secondary N) is 1. The van der Waals surface area contributed by atoms with Gasteiger partial charge in [0.15, 0.2) is 11.5 Å². The number of benzene rings is 3. The summed E-state index contributed by atoms with van der Waals surface area (Å²) >= 11 is 6.45. The Bertz CT molecular complexity index is 1300. The van der Waals surface area contributed by atoms with E-state index in [4.69, 9.17) is 26.2 Å². The van der Waals surface area contributed by atoms with Gasteiger partial charge in [0.2, 0.25) is 0 Å². The van der Waals surface area contributed by atoms with Crippen LogP contribution in [0.5, 0.6) is 11.5 Å². The van der Waals surface area contributed by atoms with Crippen molar-refractivity contribution in [3.05, 3.63) is 76.4 Å². The third-order valence-corrected chi connectivity index (χ3v) is 5.35. The number of ether oxygens (including phenoxy) is 2. The first-order chi connectivity index (χ1) is 15.9. The molecule has 3 aromatic rings. The van der Waals surface area contributed by atoms with Gasteiger partial charge in [-0.25, -0.2) is 9.69 Å². The normalized spacial score (nSPS) is 14.6. The fourth-order valence-corrected chi connectivity index (χ4v) is 3.82. The molecule has 1 heterocycles. The summed E-state index contributed by atoms with van der Waals surface area (Å²) in [5.41, 5.74) is 1.38. The number of rotatable bonds is 7. The first kappa shape index (κ1) is 22.2. The summed E-state index contributed by atoms with van der Waals surface area (Å²) in [7, 11) is 1.46. The number of fused-ring (bicyclic) bond motifs is 1. The quantitative estimate of drug-likeness (QED) is 0.402. The topological polar surface area (TPSA) is 105 Å². The van der Waals surface area contributed by atoms with Gasteiger partial charge < -0.3 is 19.9 Å². The molecule has 0 atom stereocenters. The third kappa shape index (κ3) is 4.61. The average Bonchev–Trinajstić information content (AvgIpc) is 3.05. The zero-order chi connectivity index (χ0) is 23.5. The van der Waals surface area contributed by atoms with Gasteiger partial charge in [-0.05, 0) is 40.1 Å². The Morgan fingerprint density at radius 2 is 1.91 bits per heavy atom. The van der Waals surface area contributed by atoms with Crippen molar-refractivity contribution in [1.82, 2.24) is 10.2 Å². The van der Waals surface area contributed by atoms with Gasteiger partial charge in [-0.3, -0.25) is 9.59 Å². The van der Waals surface area contributed by atoms with Crippen LogP contribution < -0.4 is 14.8 Å². The molecule has 8 nitrogen and oxygen atoms in total. The van der Waals surface area contributed by atoms with Crippen LogP contribution in [-0.4, -0.2) is 41.6 Å². The standard InChI is InChI=1S/C24H19ClN2O6/c1-32-20-11-14(10-19-23(30)27(12-21(28)29)24(31)26-19)9-18(25)22(20)33-13-16-7-4-6-15-5-2-3-8-17(15)16/h2-11H,12-13H2,1H3,(H,26,31)(H,28,29)/b19-10+. The van der Waals surface area contributed by atoms with Gasteiger partial charge in [0.25, 0.3) is 5.91 Å². The average molecular weight is 467 g/mol. The van der Waals surface area contributed by atoms with Crippen molar-refractivity contribution in [2.24, 2.45) is 0 Å². The van der Waals surface area contributed by atoms with Gasteiger partial charge in [-0.1, -0.05) is 54.1 Å². The number of carbonyl (C=O) groups is 3. The van der Waals surface area contributed by atoms with Crippen molar-refractivity contribution in [3.63, 3.8) is 0 Å². The van der Waals surface area contributed by atoms with Crippen LogP contribution in [0.15, 0.2) is 60.3 Å². The molecule has 3 amide bonds. The fourth-order valence-electron chi connectivity index (χ4n) is 3.55. The lowest BCUT2D eigenvalue weighted by atomic mass is 10.1. The summed E-state index contributed by atoms with van der Waals surface area (Å²) in [5.74, 6) is -1.36. The monoisotopic (exact) mass is 466 g/mol. The van der Waals surface area contributed by atoms with Gasteiger partial charge >= 0.3 is 12.0 Å². The molecule has 0 saturated carbocycles. The number of hydrogen-bond acceptors (Lipinski definition) is 5. The second-order valence-corrected chi connectivity index (χ2v) is 7.64. The van der Waals surface area contributed by atoms with Crippen molar-refractivity contribution in [3.8, 4) is 11.5 Å². The van der Waals surface area contributed by atoms with Crippen LogP contribution in [0, 0.1) is 0 Å². The summed E-state index contributed by atoms with van der Waals surface area (Å²) in [4.78, 5) is 35.7. The number of halogens is 1. The van der Waals surface area contributed by atoms with E-state index in [1.807, 2.05) is 42.5 Å². The zero-order valence-corrected chi connectivity index (χ0v) is 18.3. The molecule has 1 aliphatic heterocycles. The molecule has 0 radical (unpaired) electrons. The third-order valence-electron chi connectivity index (χ3n) is 5.07. The molecule has 168 valence electrons. The van der Waals surface area contributed by atoms with Crippen LogP contribution in [-0.2, 0) is 16.2 Å². The van der Waals surface area contributed by atoms with Crippen LogP contribution in [0.1, 0.15) is 11.1 Å². The fraction of sp³-hybridized carbons (Fsp3) is 0.125. The van der Waals surface area contributed by atoms with Crippen molar-refractivity contribution in [2.45, 2.75) is 6.61 Å². The van der Waals surface area contributed by atoms with E-state index in [1.165, 1.54) is 13.2 Å². The molecular formula is C24H19ClN2O6. The molecule has 4 rings (SSSR count). The molecule has 0 unspecified atom stereocenters. The lowest BCUT2D eigenvalue weighted by molar-refractivity contribution is -0.140. The smallest absolute Gasteiger partial charge is 0.329 e. The molecule has 0 bridgehead atoms. The molecule has 33 heavy (non-hydrogen) atoms. The Kier molecular flexibility index (Phi) is 6.19. The largest absolute Gasteiger partial charge is 0.493 e. The maximum absolute atomic E-state index is 12.4. The SMILES string of the molecule is COc1cc(/C=C2/NC(=O)N(CC(=O)O)C2=O)cc(Cl)c1OCc1cccc2ccccc12. The minimum Gasteiger partial charge on any atom is -0.493 e. The molecule has 9 heteroatoms. The number of aliphatic carboxylic acids is 1. The van der Waals surface area contributed by atoms with E-state index in [1.54, 1.807) is 12.1 Å². The van der Waals surface area contributed by atoms with Gasteiger partial charge in [0.05, 0.1) is 12.1 Å². The molecule has 1 saturated heterocycles. The number of carboxylic acid groups (broad SMARTS) is 1. The maximum atomic E-state index is 12.4. The highest BCUT2D eigenvalue weighted by Gasteiger charge is 2.34. The summed E-state index contributed by atoms with van der Waals surface area (Å²) in [6.45, 7) is -0.469. The molecular weight excluding hydrogens is 448 g/mol. The number of methoxy groups -OCH3 is 1. The van der Waals surface area contributed by atoms with E-state index >= 15 is 0 Å². The molecule has 1 aliphatic rings. The predicted octanol–water partition coefficient (Wildman–Crippen LogP) is 4.06. The van der Waals surface area contributed by atoms with Gasteiger partial charge in [0, 0.05) is 0 Å². The Hall–Kier alpha value is -4.04. The second kappa shape index (κ2) is 9.22. The van der Waals surface area contributed by atoms with E-state index in [0.29, 0.717) is 22.0 Å². The van der Waals surface area contributed by atoms with Crippen molar-refractivity contribution < 1.29 is 29.0 Å². The Labute approximate surface area is 194 Å². The van der Waals surface area contributed by atoms with Crippen LogP contribution in [0.25, 0.3) is 16.8 Å². The summed E-state index contributed by atoms with van der Waals surface area (Å²) in [6.07, 6.45) is 1.39. The van der Waals surface area contributed by atoms with Crippen molar-refractivity contribution in [1.29, 1.82) is 0 Å². The number of imide groups is 1. The number of urea groups is 1. The highest BCUT2D eigenvalue weighted by Crippen LogP contribution is 2.38. The van der Waals surface area contributed by atoms with Gasteiger partial charge in [-0.2, -0.15) is 0 Å². The lowest BCUT2D eigenvalue weighted by Crippen LogP contribution is -2.35. The number of carbonyl (C=O) groups excluding carboxylic acids is 2. The van der Waals surface area contributed by atoms with E-state index < -0.39 is 24.5 Å². The number of hydrogen-bond donors (Lipinski definition) is 2. The first-order valence-corrected chi connectivity index (χ1v) is 10.3. The molecule has 0 aliphatic carbocycles. The Morgan fingerprint density at radius 3 is 2.67 bits per heavy atom.